The summed E-state index contributed by atoms with van der Waals surface area (Å²) in [5.41, 5.74) is 10.3. The molecule has 5 heteroatoms. The van der Waals surface area contributed by atoms with Crippen molar-refractivity contribution < 1.29 is 9.15 Å². The minimum absolute atomic E-state index is 0.371. The van der Waals surface area contributed by atoms with Gasteiger partial charge in [0.1, 0.15) is 11.6 Å². The van der Waals surface area contributed by atoms with Gasteiger partial charge < -0.3 is 19.8 Å². The summed E-state index contributed by atoms with van der Waals surface area (Å²) in [5, 5.41) is 0.800. The van der Waals surface area contributed by atoms with Gasteiger partial charge in [-0.1, -0.05) is 44.2 Å². The van der Waals surface area contributed by atoms with E-state index in [1.807, 2.05) is 35.2 Å². The molecule has 1 aliphatic rings. The van der Waals surface area contributed by atoms with E-state index in [0.717, 1.165) is 22.2 Å². The maximum atomic E-state index is 6.57. The molecule has 5 nitrogen and oxygen atoms in total. The SMILES string of the molecule is COc1ccccc1C1N=c2occc2=C(N)N1c1ccc(C(C)C)cc1. The number of para-hydroxylation sites is 1. The maximum Gasteiger partial charge on any atom is 0.227 e. The zero-order valence-corrected chi connectivity index (χ0v) is 15.7. The first kappa shape index (κ1) is 17.2. The fourth-order valence-corrected chi connectivity index (χ4v) is 3.41. The van der Waals surface area contributed by atoms with Crippen molar-refractivity contribution in [1.82, 2.24) is 0 Å². The van der Waals surface area contributed by atoms with Crippen LogP contribution in [0.5, 0.6) is 5.75 Å². The minimum atomic E-state index is -0.371. The summed E-state index contributed by atoms with van der Waals surface area (Å²) in [7, 11) is 1.66. The van der Waals surface area contributed by atoms with E-state index in [1.165, 1.54) is 5.56 Å². The van der Waals surface area contributed by atoms with Crippen LogP contribution >= 0.6 is 0 Å². The lowest BCUT2D eigenvalue weighted by molar-refractivity contribution is 0.403. The molecule has 1 unspecified atom stereocenters. The van der Waals surface area contributed by atoms with Crippen molar-refractivity contribution in [3.63, 3.8) is 0 Å². The van der Waals surface area contributed by atoms with E-state index < -0.39 is 0 Å². The Morgan fingerprint density at radius 2 is 1.81 bits per heavy atom. The number of nitrogens with zero attached hydrogens (tertiary/aromatic N) is 2. The molecule has 4 rings (SSSR count). The van der Waals surface area contributed by atoms with Crippen LogP contribution in [-0.2, 0) is 0 Å². The lowest BCUT2D eigenvalue weighted by Gasteiger charge is -2.33. The zero-order chi connectivity index (χ0) is 19.0. The second kappa shape index (κ2) is 6.83. The van der Waals surface area contributed by atoms with Gasteiger partial charge in [-0.05, 0) is 35.7 Å². The third-order valence-electron chi connectivity index (χ3n) is 4.92. The molecule has 0 radical (unpaired) electrons. The van der Waals surface area contributed by atoms with Crippen LogP contribution in [0.2, 0.25) is 0 Å². The van der Waals surface area contributed by atoms with Crippen LogP contribution in [0.3, 0.4) is 0 Å². The number of benzene rings is 2. The summed E-state index contributed by atoms with van der Waals surface area (Å²) in [5.74, 6) is 1.84. The Bertz CT molecular complexity index is 1070. The van der Waals surface area contributed by atoms with E-state index in [9.17, 15) is 0 Å². The molecule has 138 valence electrons. The number of nitrogens with two attached hydrogens (primary N) is 1. The highest BCUT2D eigenvalue weighted by Crippen LogP contribution is 2.36. The average molecular weight is 361 g/mol. The second-order valence-corrected chi connectivity index (χ2v) is 6.89. The molecule has 0 saturated heterocycles. The lowest BCUT2D eigenvalue weighted by Crippen LogP contribution is -2.44. The molecular weight excluding hydrogens is 338 g/mol. The van der Waals surface area contributed by atoms with E-state index in [-0.39, 0.29) is 6.17 Å². The number of methoxy groups -OCH3 is 1. The normalized spacial score (nSPS) is 16.2. The summed E-state index contributed by atoms with van der Waals surface area (Å²) in [6.07, 6.45) is 1.25. The fraction of sp³-hybridized carbons (Fsp3) is 0.227. The highest BCUT2D eigenvalue weighted by atomic mass is 16.5. The van der Waals surface area contributed by atoms with Crippen LogP contribution in [0.4, 0.5) is 5.69 Å². The largest absolute Gasteiger partial charge is 0.496 e. The Morgan fingerprint density at radius 3 is 2.52 bits per heavy atom. The highest BCUT2D eigenvalue weighted by molar-refractivity contribution is 5.69. The number of fused-ring (bicyclic) bond motifs is 1. The molecule has 3 aromatic rings. The monoisotopic (exact) mass is 361 g/mol. The van der Waals surface area contributed by atoms with Crippen LogP contribution in [0.15, 0.2) is 70.3 Å². The molecule has 27 heavy (non-hydrogen) atoms. The molecule has 0 aliphatic carbocycles. The van der Waals surface area contributed by atoms with Crippen LogP contribution in [0, 0.1) is 0 Å². The predicted octanol–water partition coefficient (Wildman–Crippen LogP) is 3.27. The van der Waals surface area contributed by atoms with Crippen LogP contribution < -0.4 is 26.1 Å². The molecule has 0 bridgehead atoms. The Labute approximate surface area is 158 Å². The first-order chi connectivity index (χ1) is 13.1. The quantitative estimate of drug-likeness (QED) is 0.775. The minimum Gasteiger partial charge on any atom is -0.496 e. The third-order valence-corrected chi connectivity index (χ3v) is 4.92. The summed E-state index contributed by atoms with van der Waals surface area (Å²) in [4.78, 5) is 6.86. The second-order valence-electron chi connectivity index (χ2n) is 6.89. The van der Waals surface area contributed by atoms with Gasteiger partial charge in [-0.3, -0.25) is 0 Å². The Hall–Kier alpha value is -3.21. The van der Waals surface area contributed by atoms with Gasteiger partial charge >= 0.3 is 0 Å². The molecular formula is C22H23N3O2. The zero-order valence-electron chi connectivity index (χ0n) is 15.7. The topological polar surface area (TPSA) is 64.0 Å². The number of furan rings is 1. The van der Waals surface area contributed by atoms with Gasteiger partial charge in [0.25, 0.3) is 0 Å². The molecule has 2 N–H and O–H groups in total. The van der Waals surface area contributed by atoms with E-state index >= 15 is 0 Å². The number of hydrogen-bond acceptors (Lipinski definition) is 5. The Balaban J connectivity index is 1.90. The number of hydrogen-bond donors (Lipinski definition) is 1. The first-order valence-corrected chi connectivity index (χ1v) is 9.03. The molecule has 2 heterocycles. The van der Waals surface area contributed by atoms with Gasteiger partial charge in [-0.25, -0.2) is 4.99 Å². The van der Waals surface area contributed by atoms with Crippen molar-refractivity contribution >= 4 is 11.5 Å². The predicted molar refractivity (Wildman–Crippen MR) is 106 cm³/mol. The van der Waals surface area contributed by atoms with Crippen molar-refractivity contribution in [1.29, 1.82) is 0 Å². The fourth-order valence-electron chi connectivity index (χ4n) is 3.41. The van der Waals surface area contributed by atoms with Gasteiger partial charge in [0.2, 0.25) is 5.55 Å². The molecule has 0 spiro atoms. The summed E-state index contributed by atoms with van der Waals surface area (Å²) >= 11 is 0. The van der Waals surface area contributed by atoms with Crippen LogP contribution in [0.1, 0.15) is 37.1 Å². The summed E-state index contributed by atoms with van der Waals surface area (Å²) in [6, 6.07) is 18.1. The van der Waals surface area contributed by atoms with Crippen LogP contribution in [-0.4, -0.2) is 7.11 Å². The van der Waals surface area contributed by atoms with Gasteiger partial charge in [-0.15, -0.1) is 0 Å². The van der Waals surface area contributed by atoms with Crippen molar-refractivity contribution in [2.24, 2.45) is 10.7 Å². The van der Waals surface area contributed by atoms with E-state index in [1.54, 1.807) is 13.4 Å². The highest BCUT2D eigenvalue weighted by Gasteiger charge is 2.29. The molecule has 1 aromatic heterocycles. The Kier molecular flexibility index (Phi) is 4.36. The van der Waals surface area contributed by atoms with E-state index in [0.29, 0.717) is 17.3 Å². The van der Waals surface area contributed by atoms with Gasteiger partial charge in [0.15, 0.2) is 6.17 Å². The third kappa shape index (κ3) is 2.95. The molecule has 0 amide bonds. The molecule has 0 saturated carbocycles. The standard InChI is InChI=1S/C22H23N3O2/c1-14(2)15-8-10-16(11-9-15)25-20(23)18-12-13-27-22(18)24-21(25)17-6-4-5-7-19(17)26-3/h4-14,21H,23H2,1-3H3. The number of anilines is 1. The van der Waals surface area contributed by atoms with Gasteiger partial charge in [0.05, 0.1) is 18.6 Å². The van der Waals surface area contributed by atoms with Gasteiger partial charge in [0, 0.05) is 11.3 Å². The lowest BCUT2D eigenvalue weighted by atomic mass is 10.0. The van der Waals surface area contributed by atoms with Crippen molar-refractivity contribution in [2.45, 2.75) is 25.9 Å². The van der Waals surface area contributed by atoms with Gasteiger partial charge in [-0.2, -0.15) is 0 Å². The average Bonchev–Trinajstić information content (AvgIpc) is 3.17. The van der Waals surface area contributed by atoms with E-state index in [4.69, 9.17) is 19.9 Å². The van der Waals surface area contributed by atoms with E-state index in [2.05, 4.69) is 38.1 Å². The van der Waals surface area contributed by atoms with Crippen LogP contribution in [0.25, 0.3) is 5.82 Å². The number of rotatable bonds is 4. The van der Waals surface area contributed by atoms with Crippen molar-refractivity contribution in [3.05, 3.63) is 82.8 Å². The molecule has 0 fully saturated rings. The Morgan fingerprint density at radius 1 is 1.07 bits per heavy atom. The summed E-state index contributed by atoms with van der Waals surface area (Å²) in [6.45, 7) is 4.36. The molecule has 1 aliphatic heterocycles. The smallest absolute Gasteiger partial charge is 0.227 e. The first-order valence-electron chi connectivity index (χ1n) is 9.03. The summed E-state index contributed by atoms with van der Waals surface area (Å²) < 4.78 is 11.1. The maximum absolute atomic E-state index is 6.57. The molecule has 1 atom stereocenters. The molecule has 2 aromatic carbocycles. The number of ether oxygens (including phenoxy) is 1. The van der Waals surface area contributed by atoms with Crippen molar-refractivity contribution in [3.8, 4) is 5.75 Å². The van der Waals surface area contributed by atoms with Crippen molar-refractivity contribution in [2.75, 3.05) is 12.0 Å².